The van der Waals surface area contributed by atoms with Crippen LogP contribution in [0.1, 0.15) is 240 Å². The molecule has 0 spiro atoms. The summed E-state index contributed by atoms with van der Waals surface area (Å²) in [6.45, 7) is 9.59. The third-order valence-corrected chi connectivity index (χ3v) is 9.49. The molecule has 0 aliphatic rings. The van der Waals surface area contributed by atoms with E-state index in [4.69, 9.17) is 0 Å². The minimum atomic E-state index is 0.964. The Morgan fingerprint density at radius 3 is 0.641 bits per heavy atom. The first kappa shape index (κ1) is 39.0. The second-order valence-corrected chi connectivity index (χ2v) is 13.9. The lowest BCUT2D eigenvalue weighted by Crippen LogP contribution is -1.95. The Kier molecular flexibility index (Phi) is 34.2. The highest BCUT2D eigenvalue weighted by Crippen LogP contribution is 2.20. The quantitative estimate of drug-likeness (QED) is 0.0701. The van der Waals surface area contributed by atoms with Gasteiger partial charge in [-0.25, -0.2) is 0 Å². The van der Waals surface area contributed by atoms with Gasteiger partial charge in [-0.05, 0) is 11.8 Å². The molecular formula is C39H80. The van der Waals surface area contributed by atoms with Gasteiger partial charge in [0.1, 0.15) is 0 Å². The molecule has 0 aromatic carbocycles. The second-order valence-electron chi connectivity index (χ2n) is 13.9. The average molecular weight is 549 g/mol. The fourth-order valence-corrected chi connectivity index (χ4v) is 6.46. The summed E-state index contributed by atoms with van der Waals surface area (Å²) in [5.74, 6) is 1.93. The summed E-state index contributed by atoms with van der Waals surface area (Å²) in [5.41, 5.74) is 0. The molecule has 0 aliphatic carbocycles. The zero-order valence-corrected chi connectivity index (χ0v) is 28.5. The molecule has 2 unspecified atom stereocenters. The molecule has 0 saturated heterocycles. The standard InChI is InChI=1S/C39H80/c1-5-7-9-10-11-12-13-14-15-16-17-18-19-20-22-25-29-32-36-39(4)37-33-30-27-24-21-23-26-28-31-35-38(3)34-8-6-2/h38-39H,5-37H2,1-4H3. The number of rotatable bonds is 34. The van der Waals surface area contributed by atoms with Crippen LogP contribution in [-0.2, 0) is 0 Å². The van der Waals surface area contributed by atoms with Crippen LogP contribution in [0.2, 0.25) is 0 Å². The van der Waals surface area contributed by atoms with Crippen molar-refractivity contribution < 1.29 is 0 Å². The zero-order chi connectivity index (χ0) is 28.5. The first-order valence-corrected chi connectivity index (χ1v) is 19.2. The fraction of sp³-hybridized carbons (Fsp3) is 1.00. The predicted molar refractivity (Wildman–Crippen MR) is 182 cm³/mol. The van der Waals surface area contributed by atoms with Gasteiger partial charge in [-0.2, -0.15) is 0 Å². The molecule has 0 heteroatoms. The van der Waals surface area contributed by atoms with Gasteiger partial charge in [0.15, 0.2) is 0 Å². The molecule has 0 radical (unpaired) electrons. The van der Waals surface area contributed by atoms with E-state index in [9.17, 15) is 0 Å². The van der Waals surface area contributed by atoms with Crippen LogP contribution in [0.5, 0.6) is 0 Å². The van der Waals surface area contributed by atoms with E-state index in [0.717, 1.165) is 11.8 Å². The SMILES string of the molecule is CCCCCCCCCCCCCCCCCCCCC(C)CCCCCCCCCCCC(C)CCCC. The molecule has 0 fully saturated rings. The normalized spacial score (nSPS) is 13.2. The van der Waals surface area contributed by atoms with Crippen LogP contribution in [0.3, 0.4) is 0 Å². The number of hydrogen-bond acceptors (Lipinski definition) is 0. The highest BCUT2D eigenvalue weighted by atomic mass is 14.1. The smallest absolute Gasteiger partial charge is 0.0443 e. The van der Waals surface area contributed by atoms with Crippen LogP contribution in [0, 0.1) is 11.8 Å². The second kappa shape index (κ2) is 34.2. The minimum absolute atomic E-state index is 0.964. The van der Waals surface area contributed by atoms with Crippen molar-refractivity contribution in [2.24, 2.45) is 11.8 Å². The first-order chi connectivity index (χ1) is 19.2. The van der Waals surface area contributed by atoms with E-state index in [2.05, 4.69) is 27.7 Å². The van der Waals surface area contributed by atoms with Gasteiger partial charge < -0.3 is 0 Å². The topological polar surface area (TPSA) is 0 Å². The van der Waals surface area contributed by atoms with Crippen LogP contribution in [0.15, 0.2) is 0 Å². The monoisotopic (exact) mass is 549 g/mol. The van der Waals surface area contributed by atoms with E-state index in [-0.39, 0.29) is 0 Å². The van der Waals surface area contributed by atoms with Gasteiger partial charge in [0, 0.05) is 0 Å². The van der Waals surface area contributed by atoms with Crippen molar-refractivity contribution in [2.45, 2.75) is 240 Å². The lowest BCUT2D eigenvalue weighted by atomic mass is 9.95. The summed E-state index contributed by atoms with van der Waals surface area (Å²) in [7, 11) is 0. The third-order valence-electron chi connectivity index (χ3n) is 9.49. The molecule has 0 bridgehead atoms. The highest BCUT2D eigenvalue weighted by molar-refractivity contribution is 4.57. The molecule has 0 rings (SSSR count). The van der Waals surface area contributed by atoms with E-state index in [1.807, 2.05) is 0 Å². The van der Waals surface area contributed by atoms with Crippen molar-refractivity contribution in [3.63, 3.8) is 0 Å². The van der Waals surface area contributed by atoms with Crippen LogP contribution < -0.4 is 0 Å². The maximum atomic E-state index is 2.51. The van der Waals surface area contributed by atoms with Gasteiger partial charge in [0.25, 0.3) is 0 Å². The summed E-state index contributed by atoms with van der Waals surface area (Å²) >= 11 is 0. The maximum Gasteiger partial charge on any atom is -0.0443 e. The molecule has 2 atom stereocenters. The Morgan fingerprint density at radius 1 is 0.231 bits per heavy atom. The van der Waals surface area contributed by atoms with Crippen molar-refractivity contribution in [3.05, 3.63) is 0 Å². The lowest BCUT2D eigenvalue weighted by Gasteiger charge is -2.11. The molecule has 0 saturated carbocycles. The lowest BCUT2D eigenvalue weighted by molar-refractivity contribution is 0.427. The molecular weight excluding hydrogens is 468 g/mol. The molecule has 0 aliphatic heterocycles. The minimum Gasteiger partial charge on any atom is -0.0654 e. The summed E-state index contributed by atoms with van der Waals surface area (Å²) < 4.78 is 0. The van der Waals surface area contributed by atoms with Crippen molar-refractivity contribution >= 4 is 0 Å². The molecule has 0 aromatic heterocycles. The molecule has 0 amide bonds. The Morgan fingerprint density at radius 2 is 0.410 bits per heavy atom. The van der Waals surface area contributed by atoms with Crippen molar-refractivity contribution in [2.75, 3.05) is 0 Å². The van der Waals surface area contributed by atoms with Crippen molar-refractivity contribution in [1.82, 2.24) is 0 Å². The van der Waals surface area contributed by atoms with E-state index < -0.39 is 0 Å². The summed E-state index contributed by atoms with van der Waals surface area (Å²) in [4.78, 5) is 0. The maximum absolute atomic E-state index is 2.51. The molecule has 0 heterocycles. The molecule has 0 nitrogen and oxygen atoms in total. The van der Waals surface area contributed by atoms with Gasteiger partial charge >= 0.3 is 0 Å². The predicted octanol–water partition coefficient (Wildman–Crippen LogP) is 15.2. The largest absolute Gasteiger partial charge is 0.0654 e. The zero-order valence-electron chi connectivity index (χ0n) is 28.5. The van der Waals surface area contributed by atoms with Gasteiger partial charge in [0.2, 0.25) is 0 Å². The van der Waals surface area contributed by atoms with Crippen molar-refractivity contribution in [1.29, 1.82) is 0 Å². The van der Waals surface area contributed by atoms with E-state index in [1.54, 1.807) is 0 Å². The van der Waals surface area contributed by atoms with Gasteiger partial charge in [0.05, 0.1) is 0 Å². The number of hydrogen-bond donors (Lipinski definition) is 0. The van der Waals surface area contributed by atoms with E-state index in [0.29, 0.717) is 0 Å². The van der Waals surface area contributed by atoms with Crippen LogP contribution in [0.25, 0.3) is 0 Å². The Bertz CT molecular complexity index is 412. The first-order valence-electron chi connectivity index (χ1n) is 19.2. The van der Waals surface area contributed by atoms with E-state index in [1.165, 1.54) is 212 Å². The molecule has 39 heavy (non-hydrogen) atoms. The average Bonchev–Trinajstić information content (AvgIpc) is 2.94. The molecule has 236 valence electrons. The van der Waals surface area contributed by atoms with Crippen molar-refractivity contribution in [3.8, 4) is 0 Å². The van der Waals surface area contributed by atoms with Crippen LogP contribution in [-0.4, -0.2) is 0 Å². The van der Waals surface area contributed by atoms with Gasteiger partial charge in [-0.1, -0.05) is 240 Å². The van der Waals surface area contributed by atoms with E-state index >= 15 is 0 Å². The molecule has 0 N–H and O–H groups in total. The third kappa shape index (κ3) is 34.1. The summed E-state index contributed by atoms with van der Waals surface area (Å²) in [6.07, 6.45) is 48.6. The Hall–Kier alpha value is 0. The molecule has 0 aromatic rings. The number of unbranched alkanes of at least 4 members (excludes halogenated alkanes) is 26. The van der Waals surface area contributed by atoms with Gasteiger partial charge in [-0.3, -0.25) is 0 Å². The summed E-state index contributed by atoms with van der Waals surface area (Å²) in [5, 5.41) is 0. The van der Waals surface area contributed by atoms with Crippen LogP contribution in [0.4, 0.5) is 0 Å². The van der Waals surface area contributed by atoms with Crippen LogP contribution >= 0.6 is 0 Å². The Labute approximate surface area is 251 Å². The summed E-state index contributed by atoms with van der Waals surface area (Å²) in [6, 6.07) is 0. The Balaban J connectivity index is 3.17. The van der Waals surface area contributed by atoms with Gasteiger partial charge in [-0.15, -0.1) is 0 Å². The highest BCUT2D eigenvalue weighted by Gasteiger charge is 2.03. The fourth-order valence-electron chi connectivity index (χ4n) is 6.46.